The maximum absolute atomic E-state index is 10.9. The zero-order valence-electron chi connectivity index (χ0n) is 5.96. The molecular weight excluding hydrogens is 147 g/mol. The van der Waals surface area contributed by atoms with Gasteiger partial charge in [0.1, 0.15) is 7.80 Å². The number of aromatic nitrogens is 2. The molecule has 0 aliphatic rings. The minimum absolute atomic E-state index is 0.477. The Hall–Kier alpha value is -0.690. The summed E-state index contributed by atoms with van der Waals surface area (Å²) in [6.07, 6.45) is 1.63. The molecule has 54 valence electrons. The average molecular weight is 156 g/mol. The molecule has 1 atom stereocenters. The van der Waals surface area contributed by atoms with Crippen molar-refractivity contribution in [2.24, 2.45) is 0 Å². The highest BCUT2D eigenvalue weighted by Gasteiger charge is 1.97. The van der Waals surface area contributed by atoms with Gasteiger partial charge in [0, 0.05) is 11.9 Å². The molecule has 0 aliphatic heterocycles. The second-order valence-corrected chi connectivity index (χ2v) is 3.64. The zero-order chi connectivity index (χ0) is 7.56. The van der Waals surface area contributed by atoms with Gasteiger partial charge in [0.15, 0.2) is 5.57 Å². The predicted molar refractivity (Wildman–Crippen MR) is 41.3 cm³/mol. The van der Waals surface area contributed by atoms with Crippen LogP contribution in [0.3, 0.4) is 0 Å². The van der Waals surface area contributed by atoms with Crippen LogP contribution in [0.4, 0.5) is 0 Å². The summed E-state index contributed by atoms with van der Waals surface area (Å²) in [6.45, 7) is 3.50. The monoisotopic (exact) mass is 156 g/mol. The van der Waals surface area contributed by atoms with Crippen molar-refractivity contribution < 1.29 is 4.57 Å². The van der Waals surface area contributed by atoms with Crippen LogP contribution < -0.4 is 5.57 Å². The van der Waals surface area contributed by atoms with Crippen molar-refractivity contribution >= 4 is 13.4 Å². The van der Waals surface area contributed by atoms with E-state index in [0.717, 1.165) is 5.69 Å². The highest BCUT2D eigenvalue weighted by molar-refractivity contribution is 7.51. The Kier molecular flexibility index (Phi) is 2.17. The molecule has 0 aliphatic carbocycles. The third-order valence-corrected chi connectivity index (χ3v) is 1.98. The Morgan fingerprint density at radius 1 is 1.60 bits per heavy atom. The largest absolute Gasteiger partial charge is 0.319 e. The Bertz CT molecular complexity index is 262. The molecule has 0 aromatic carbocycles. The molecule has 1 aromatic heterocycles. The maximum Gasteiger partial charge on any atom is 0.185 e. The van der Waals surface area contributed by atoms with Crippen LogP contribution in [-0.2, 0) is 4.57 Å². The van der Waals surface area contributed by atoms with Gasteiger partial charge in [-0.15, -0.1) is 0 Å². The van der Waals surface area contributed by atoms with Crippen LogP contribution in [0.1, 0.15) is 5.69 Å². The van der Waals surface area contributed by atoms with Gasteiger partial charge in [-0.2, -0.15) is 0 Å². The van der Waals surface area contributed by atoms with Gasteiger partial charge >= 0.3 is 0 Å². The summed E-state index contributed by atoms with van der Waals surface area (Å²) >= 11 is 0. The first kappa shape index (κ1) is 7.42. The smallest absolute Gasteiger partial charge is 0.185 e. The Balaban J connectivity index is 3.07. The second-order valence-electron chi connectivity index (χ2n) is 2.08. The lowest BCUT2D eigenvalue weighted by molar-refractivity contribution is 0.595. The molecule has 1 heterocycles. The SMILES string of the molecule is Cc1ccnc([PH](C)=O)n1. The molecule has 0 N–H and O–H groups in total. The fourth-order valence-electron chi connectivity index (χ4n) is 0.619. The van der Waals surface area contributed by atoms with Crippen molar-refractivity contribution in [2.75, 3.05) is 6.66 Å². The lowest BCUT2D eigenvalue weighted by Crippen LogP contribution is -2.07. The fourth-order valence-corrected chi connectivity index (χ4v) is 1.21. The van der Waals surface area contributed by atoms with Crippen LogP contribution in [0.5, 0.6) is 0 Å². The Morgan fingerprint density at radius 3 is 2.70 bits per heavy atom. The third kappa shape index (κ3) is 1.64. The molecule has 0 bridgehead atoms. The van der Waals surface area contributed by atoms with E-state index in [-0.39, 0.29) is 0 Å². The topological polar surface area (TPSA) is 42.9 Å². The second kappa shape index (κ2) is 2.93. The van der Waals surface area contributed by atoms with E-state index in [9.17, 15) is 4.57 Å². The lowest BCUT2D eigenvalue weighted by Gasteiger charge is -1.93. The summed E-state index contributed by atoms with van der Waals surface area (Å²) in [7, 11) is -1.71. The standard InChI is InChI=1S/C6H9N2OP/c1-5-3-4-7-6(8-5)10(2)9/h3-4,10H,1-2H3. The van der Waals surface area contributed by atoms with E-state index in [2.05, 4.69) is 9.97 Å². The molecule has 4 heteroatoms. The van der Waals surface area contributed by atoms with Crippen molar-refractivity contribution in [3.8, 4) is 0 Å². The fraction of sp³-hybridized carbons (Fsp3) is 0.333. The molecule has 0 saturated heterocycles. The van der Waals surface area contributed by atoms with Gasteiger partial charge in [-0.25, -0.2) is 9.97 Å². The Labute approximate surface area is 60.3 Å². The highest BCUT2D eigenvalue weighted by Crippen LogP contribution is 2.08. The van der Waals surface area contributed by atoms with Gasteiger partial charge in [-0.3, -0.25) is 0 Å². The van der Waals surface area contributed by atoms with E-state index in [4.69, 9.17) is 0 Å². The number of aryl methyl sites for hydroxylation is 1. The van der Waals surface area contributed by atoms with Crippen LogP contribution in [-0.4, -0.2) is 16.6 Å². The van der Waals surface area contributed by atoms with Gasteiger partial charge in [0.2, 0.25) is 0 Å². The molecule has 1 rings (SSSR count). The highest BCUT2D eigenvalue weighted by atomic mass is 31.1. The number of rotatable bonds is 1. The summed E-state index contributed by atoms with van der Waals surface area (Å²) in [5.41, 5.74) is 1.34. The molecule has 0 amide bonds. The van der Waals surface area contributed by atoms with Gasteiger partial charge in [-0.05, 0) is 19.7 Å². The van der Waals surface area contributed by atoms with Crippen molar-refractivity contribution in [2.45, 2.75) is 6.92 Å². The van der Waals surface area contributed by atoms with Gasteiger partial charge in [-0.1, -0.05) is 0 Å². The summed E-state index contributed by atoms with van der Waals surface area (Å²) in [4.78, 5) is 7.86. The summed E-state index contributed by atoms with van der Waals surface area (Å²) in [5, 5.41) is 0. The summed E-state index contributed by atoms with van der Waals surface area (Å²) < 4.78 is 10.9. The quantitative estimate of drug-likeness (QED) is 0.559. The van der Waals surface area contributed by atoms with Crippen LogP contribution >= 0.6 is 7.80 Å². The first-order valence-corrected chi connectivity index (χ1v) is 4.91. The van der Waals surface area contributed by atoms with Crippen LogP contribution in [0.25, 0.3) is 0 Å². The van der Waals surface area contributed by atoms with Crippen molar-refractivity contribution in [3.05, 3.63) is 18.0 Å². The number of hydrogen-bond acceptors (Lipinski definition) is 3. The molecule has 1 unspecified atom stereocenters. The van der Waals surface area contributed by atoms with Gasteiger partial charge < -0.3 is 4.57 Å². The van der Waals surface area contributed by atoms with E-state index >= 15 is 0 Å². The van der Waals surface area contributed by atoms with Crippen LogP contribution in [0.2, 0.25) is 0 Å². The van der Waals surface area contributed by atoms with Gasteiger partial charge in [0.05, 0.1) is 0 Å². The van der Waals surface area contributed by atoms with Crippen molar-refractivity contribution in [1.29, 1.82) is 0 Å². The van der Waals surface area contributed by atoms with Crippen molar-refractivity contribution in [3.63, 3.8) is 0 Å². The first-order valence-electron chi connectivity index (χ1n) is 3.01. The molecular formula is C6H9N2OP. The normalized spacial score (nSPS) is 13.0. The molecule has 0 radical (unpaired) electrons. The van der Waals surface area contributed by atoms with Crippen LogP contribution in [0.15, 0.2) is 12.3 Å². The molecule has 10 heavy (non-hydrogen) atoms. The zero-order valence-corrected chi connectivity index (χ0v) is 6.96. The first-order chi connectivity index (χ1) is 4.70. The minimum atomic E-state index is -1.71. The number of hydrogen-bond donors (Lipinski definition) is 0. The molecule has 0 saturated carbocycles. The van der Waals surface area contributed by atoms with E-state index < -0.39 is 7.80 Å². The summed E-state index contributed by atoms with van der Waals surface area (Å²) in [6, 6.07) is 1.79. The Morgan fingerprint density at radius 2 is 2.30 bits per heavy atom. The third-order valence-electron chi connectivity index (χ3n) is 1.11. The lowest BCUT2D eigenvalue weighted by atomic mass is 10.5. The predicted octanol–water partition coefficient (Wildman–Crippen LogP) is 0.600. The van der Waals surface area contributed by atoms with E-state index in [1.807, 2.05) is 6.92 Å². The summed E-state index contributed by atoms with van der Waals surface area (Å²) in [5.74, 6) is 0. The maximum atomic E-state index is 10.9. The van der Waals surface area contributed by atoms with Gasteiger partial charge in [0.25, 0.3) is 0 Å². The van der Waals surface area contributed by atoms with Crippen LogP contribution in [0, 0.1) is 6.92 Å². The minimum Gasteiger partial charge on any atom is -0.319 e. The van der Waals surface area contributed by atoms with Crippen molar-refractivity contribution in [1.82, 2.24) is 9.97 Å². The van der Waals surface area contributed by atoms with E-state index in [1.165, 1.54) is 0 Å². The molecule has 3 nitrogen and oxygen atoms in total. The molecule has 0 spiro atoms. The molecule has 1 aromatic rings. The number of nitrogens with zero attached hydrogens (tertiary/aromatic N) is 2. The van der Waals surface area contributed by atoms with E-state index in [1.54, 1.807) is 18.9 Å². The molecule has 0 fully saturated rings. The average Bonchev–Trinajstić information content (AvgIpc) is 1.88. The van der Waals surface area contributed by atoms with E-state index in [0.29, 0.717) is 5.57 Å².